The van der Waals surface area contributed by atoms with Crippen molar-refractivity contribution in [3.8, 4) is 0 Å². The van der Waals surface area contributed by atoms with Gasteiger partial charge in [-0.15, -0.1) is 0 Å². The van der Waals surface area contributed by atoms with Crippen molar-refractivity contribution in [2.75, 3.05) is 26.2 Å². The molecular weight excluding hydrogens is 349 g/mol. The summed E-state index contributed by atoms with van der Waals surface area (Å²) in [5.41, 5.74) is 9.69. The Hall–Kier alpha value is -2.12. The van der Waals surface area contributed by atoms with Crippen LogP contribution < -0.4 is 5.73 Å². The van der Waals surface area contributed by atoms with E-state index in [2.05, 4.69) is 0 Å². The van der Waals surface area contributed by atoms with Gasteiger partial charge in [0.2, 0.25) is 0 Å². The van der Waals surface area contributed by atoms with E-state index in [0.29, 0.717) is 30.3 Å². The number of aliphatic carboxylic acids is 1. The van der Waals surface area contributed by atoms with E-state index in [4.69, 9.17) is 5.73 Å². The van der Waals surface area contributed by atoms with Crippen LogP contribution in [0.5, 0.6) is 0 Å². The zero-order valence-corrected chi connectivity index (χ0v) is 15.5. The first-order valence-electron chi connectivity index (χ1n) is 9.55. The van der Waals surface area contributed by atoms with Crippen LogP contribution in [0.4, 0.5) is 4.39 Å². The first-order chi connectivity index (χ1) is 12.9. The Morgan fingerprint density at radius 3 is 2.74 bits per heavy atom. The van der Waals surface area contributed by atoms with Gasteiger partial charge in [0.25, 0.3) is 0 Å². The molecule has 3 heterocycles. The monoisotopic (exact) mass is 375 g/mol. The zero-order valence-electron chi connectivity index (χ0n) is 15.5. The molecule has 4 aliphatic rings. The minimum Gasteiger partial charge on any atom is -0.478 e. The molecule has 2 fully saturated rings. The number of hydrogen-bond acceptors (Lipinski definition) is 5. The van der Waals surface area contributed by atoms with Gasteiger partial charge < -0.3 is 25.7 Å². The molecule has 4 rings (SSSR count). The second kappa shape index (κ2) is 6.80. The van der Waals surface area contributed by atoms with Crippen molar-refractivity contribution in [2.24, 2.45) is 17.6 Å². The zero-order chi connectivity index (χ0) is 19.3. The number of nitrogens with zero attached hydrogens (tertiary/aromatic N) is 2. The molecule has 7 heteroatoms. The first-order valence-corrected chi connectivity index (χ1v) is 9.55. The van der Waals surface area contributed by atoms with Gasteiger partial charge in [-0.1, -0.05) is 0 Å². The molecule has 1 aliphatic carbocycles. The summed E-state index contributed by atoms with van der Waals surface area (Å²) >= 11 is 0. The molecule has 27 heavy (non-hydrogen) atoms. The highest BCUT2D eigenvalue weighted by atomic mass is 19.1. The maximum absolute atomic E-state index is 15.1. The lowest BCUT2D eigenvalue weighted by Gasteiger charge is -2.37. The molecule has 0 radical (unpaired) electrons. The maximum atomic E-state index is 15.1. The van der Waals surface area contributed by atoms with E-state index in [1.54, 1.807) is 11.0 Å². The number of halogens is 1. The molecule has 0 bridgehead atoms. The van der Waals surface area contributed by atoms with Crippen LogP contribution in [0.3, 0.4) is 0 Å². The van der Waals surface area contributed by atoms with Crippen LogP contribution in [0, 0.1) is 11.8 Å². The third-order valence-corrected chi connectivity index (χ3v) is 6.09. The van der Waals surface area contributed by atoms with Crippen molar-refractivity contribution < 1.29 is 19.4 Å². The van der Waals surface area contributed by atoms with E-state index in [1.807, 2.05) is 11.8 Å². The second-order valence-corrected chi connectivity index (χ2v) is 7.97. The molecule has 0 aromatic carbocycles. The van der Waals surface area contributed by atoms with Gasteiger partial charge in [-0.3, -0.25) is 0 Å². The predicted molar refractivity (Wildman–Crippen MR) is 98.8 cm³/mol. The fraction of sp³-hybridized carbons (Fsp3) is 0.550. The average molecular weight is 375 g/mol. The number of hydrogen-bond donors (Lipinski definition) is 3. The number of allylic oxidation sites excluding steroid dienone is 4. The number of rotatable bonds is 5. The van der Waals surface area contributed by atoms with Gasteiger partial charge in [0.1, 0.15) is 0 Å². The topological polar surface area (TPSA) is 90.0 Å². The number of carbonyl (C=O) groups is 1. The highest BCUT2D eigenvalue weighted by molar-refractivity contribution is 5.88. The molecular formula is C20H26FN3O3. The summed E-state index contributed by atoms with van der Waals surface area (Å²) in [6.07, 6.45) is 6.14. The van der Waals surface area contributed by atoms with Gasteiger partial charge in [0, 0.05) is 31.0 Å². The van der Waals surface area contributed by atoms with E-state index in [1.165, 1.54) is 6.20 Å². The number of nitrogens with two attached hydrogens (primary N) is 1. The van der Waals surface area contributed by atoms with Gasteiger partial charge >= 0.3 is 5.97 Å². The Morgan fingerprint density at radius 2 is 2.11 bits per heavy atom. The maximum Gasteiger partial charge on any atom is 0.333 e. The molecule has 2 atom stereocenters. The molecule has 0 spiro atoms. The minimum atomic E-state index is -0.950. The van der Waals surface area contributed by atoms with Crippen LogP contribution in [0.2, 0.25) is 0 Å². The van der Waals surface area contributed by atoms with E-state index < -0.39 is 5.97 Å². The number of likely N-dealkylation sites (tertiary alicyclic amines) is 1. The second-order valence-electron chi connectivity index (χ2n) is 7.97. The van der Waals surface area contributed by atoms with Crippen LogP contribution in [0.1, 0.15) is 26.2 Å². The third kappa shape index (κ3) is 3.19. The summed E-state index contributed by atoms with van der Waals surface area (Å²) < 4.78 is 15.1. The van der Waals surface area contributed by atoms with Crippen molar-refractivity contribution in [3.63, 3.8) is 0 Å². The normalized spacial score (nSPS) is 26.9. The summed E-state index contributed by atoms with van der Waals surface area (Å²) in [4.78, 5) is 15.3. The van der Waals surface area contributed by atoms with Crippen molar-refractivity contribution in [2.45, 2.75) is 32.2 Å². The lowest BCUT2D eigenvalue weighted by atomic mass is 9.92. The molecule has 1 saturated heterocycles. The average Bonchev–Trinajstić information content (AvgIpc) is 3.38. The summed E-state index contributed by atoms with van der Waals surface area (Å²) in [6.45, 7) is 3.36. The van der Waals surface area contributed by atoms with Gasteiger partial charge in [0.05, 0.1) is 24.4 Å². The molecule has 1 saturated carbocycles. The Kier molecular flexibility index (Phi) is 4.60. The smallest absolute Gasteiger partial charge is 0.333 e. The van der Waals surface area contributed by atoms with Crippen LogP contribution in [-0.4, -0.2) is 58.3 Å². The number of carboxylic acid groups (broad SMARTS) is 1. The summed E-state index contributed by atoms with van der Waals surface area (Å²) in [5, 5.41) is 18.7. The van der Waals surface area contributed by atoms with Crippen LogP contribution >= 0.6 is 0 Å². The summed E-state index contributed by atoms with van der Waals surface area (Å²) in [7, 11) is 0. The molecule has 0 aromatic heterocycles. The first kappa shape index (κ1) is 18.3. The van der Waals surface area contributed by atoms with Crippen LogP contribution in [0.15, 0.2) is 46.2 Å². The van der Waals surface area contributed by atoms with Crippen molar-refractivity contribution in [3.05, 3.63) is 46.2 Å². The van der Waals surface area contributed by atoms with Gasteiger partial charge in [-0.2, -0.15) is 0 Å². The van der Waals surface area contributed by atoms with E-state index in [-0.39, 0.29) is 30.9 Å². The molecule has 4 N–H and O–H groups in total. The largest absolute Gasteiger partial charge is 0.478 e. The standard InChI is InChI=1S/C20H26FN3O3/c1-11-18-15(12-2-3-12)6-14(20(26)27)8-24(18)9-16(21)19(11)23-5-4-13(7-23)17(22)10-25/h6,9,12-13,17,25H,2-5,7-8,10,22H2,1H3,(H,26,27)/t13-,17-/m1/s1. The lowest BCUT2D eigenvalue weighted by molar-refractivity contribution is -0.132. The molecule has 6 nitrogen and oxygen atoms in total. The summed E-state index contributed by atoms with van der Waals surface area (Å²) in [6, 6.07) is -0.292. The highest BCUT2D eigenvalue weighted by Gasteiger charge is 2.38. The Labute approximate surface area is 158 Å². The molecule has 146 valence electrons. The number of carboxylic acids is 1. The Morgan fingerprint density at radius 1 is 1.37 bits per heavy atom. The van der Waals surface area contributed by atoms with Crippen molar-refractivity contribution >= 4 is 5.97 Å². The van der Waals surface area contributed by atoms with Gasteiger partial charge in [-0.05, 0) is 55.2 Å². The fourth-order valence-corrected chi connectivity index (χ4v) is 4.47. The van der Waals surface area contributed by atoms with E-state index >= 15 is 4.39 Å². The Bertz CT molecular complexity index is 794. The SMILES string of the molecule is CC1=C(N2CC[C@@H]([C@H](N)CO)C2)C(F)=CN2CC(C(=O)O)=CC(C3CC3)=C12. The quantitative estimate of drug-likeness (QED) is 0.678. The molecule has 0 aromatic rings. The van der Waals surface area contributed by atoms with Crippen LogP contribution in [0.25, 0.3) is 0 Å². The predicted octanol–water partition coefficient (Wildman–Crippen LogP) is 1.72. The lowest BCUT2D eigenvalue weighted by Crippen LogP contribution is -2.37. The number of aliphatic hydroxyl groups excluding tert-OH is 1. The minimum absolute atomic E-state index is 0.0671. The van der Waals surface area contributed by atoms with Crippen LogP contribution in [-0.2, 0) is 4.79 Å². The number of fused-ring (bicyclic) bond motifs is 1. The number of aliphatic hydroxyl groups is 1. The highest BCUT2D eigenvalue weighted by Crippen LogP contribution is 2.46. The Balaban J connectivity index is 1.72. The van der Waals surface area contributed by atoms with Gasteiger partial charge in [-0.25, -0.2) is 9.18 Å². The summed E-state index contributed by atoms with van der Waals surface area (Å²) in [5.74, 6) is -0.787. The van der Waals surface area contributed by atoms with E-state index in [0.717, 1.165) is 36.1 Å². The van der Waals surface area contributed by atoms with E-state index in [9.17, 15) is 15.0 Å². The third-order valence-electron chi connectivity index (χ3n) is 6.09. The molecule has 0 unspecified atom stereocenters. The molecule has 0 amide bonds. The molecule has 3 aliphatic heterocycles. The van der Waals surface area contributed by atoms with Crippen molar-refractivity contribution in [1.29, 1.82) is 0 Å². The van der Waals surface area contributed by atoms with Crippen molar-refractivity contribution in [1.82, 2.24) is 9.80 Å². The fourth-order valence-electron chi connectivity index (χ4n) is 4.47. The van der Waals surface area contributed by atoms with Gasteiger partial charge in [0.15, 0.2) is 5.83 Å².